The summed E-state index contributed by atoms with van der Waals surface area (Å²) in [5.74, 6) is 1.80. The number of para-hydroxylation sites is 1. The van der Waals surface area contributed by atoms with Gasteiger partial charge in [-0.15, -0.1) is 0 Å². The van der Waals surface area contributed by atoms with Crippen LogP contribution in [0.25, 0.3) is 0 Å². The zero-order valence-corrected chi connectivity index (χ0v) is 16.6. The third kappa shape index (κ3) is 5.14. The zero-order valence-electron chi connectivity index (χ0n) is 16.6. The summed E-state index contributed by atoms with van der Waals surface area (Å²) in [5.41, 5.74) is 1.55. The number of methoxy groups -OCH3 is 2. The Balaban J connectivity index is 2.15. The van der Waals surface area contributed by atoms with Crippen molar-refractivity contribution in [2.75, 3.05) is 41.5 Å². The van der Waals surface area contributed by atoms with Crippen LogP contribution in [0, 0.1) is 0 Å². The molecular weight excluding hydrogens is 344 g/mol. The lowest BCUT2D eigenvalue weighted by atomic mass is 10.0. The minimum Gasteiger partial charge on any atom is -0.496 e. The van der Waals surface area contributed by atoms with Crippen LogP contribution in [-0.4, -0.2) is 52.3 Å². The third-order valence-corrected chi connectivity index (χ3v) is 4.30. The van der Waals surface area contributed by atoms with E-state index in [-0.39, 0.29) is 11.9 Å². The molecular formula is C21H28N2O4. The Labute approximate surface area is 161 Å². The maximum absolute atomic E-state index is 12.7. The van der Waals surface area contributed by atoms with Gasteiger partial charge in [0.25, 0.3) is 5.91 Å². The van der Waals surface area contributed by atoms with E-state index in [0.717, 1.165) is 11.3 Å². The number of likely N-dealkylation sites (N-methyl/N-ethyl adjacent to an activating group) is 1. The van der Waals surface area contributed by atoms with E-state index in [1.165, 1.54) is 0 Å². The van der Waals surface area contributed by atoms with Crippen molar-refractivity contribution < 1.29 is 19.0 Å². The van der Waals surface area contributed by atoms with Crippen LogP contribution >= 0.6 is 0 Å². The molecule has 1 atom stereocenters. The lowest BCUT2D eigenvalue weighted by Crippen LogP contribution is -2.34. The van der Waals surface area contributed by atoms with Gasteiger partial charge >= 0.3 is 0 Å². The number of benzene rings is 2. The largest absolute Gasteiger partial charge is 0.496 e. The van der Waals surface area contributed by atoms with Crippen molar-refractivity contribution in [2.24, 2.45) is 0 Å². The second kappa shape index (κ2) is 9.83. The highest BCUT2D eigenvalue weighted by atomic mass is 16.5. The molecule has 1 unspecified atom stereocenters. The van der Waals surface area contributed by atoms with Crippen molar-refractivity contribution >= 4 is 5.91 Å². The number of nitrogens with zero attached hydrogens (tertiary/aromatic N) is 1. The second-order valence-electron chi connectivity index (χ2n) is 6.23. The molecule has 0 aliphatic rings. The lowest BCUT2D eigenvalue weighted by Gasteiger charge is -2.26. The van der Waals surface area contributed by atoms with Crippen LogP contribution in [-0.2, 0) is 0 Å². The van der Waals surface area contributed by atoms with Gasteiger partial charge in [0.1, 0.15) is 5.75 Å². The van der Waals surface area contributed by atoms with Crippen molar-refractivity contribution in [1.82, 2.24) is 10.2 Å². The third-order valence-electron chi connectivity index (χ3n) is 4.30. The van der Waals surface area contributed by atoms with Gasteiger partial charge < -0.3 is 24.4 Å². The Morgan fingerprint density at radius 3 is 2.37 bits per heavy atom. The molecule has 6 heteroatoms. The zero-order chi connectivity index (χ0) is 19.8. The van der Waals surface area contributed by atoms with Gasteiger partial charge in [-0.05, 0) is 45.3 Å². The first-order chi connectivity index (χ1) is 13.0. The van der Waals surface area contributed by atoms with Crippen LogP contribution in [0.2, 0.25) is 0 Å². The highest BCUT2D eigenvalue weighted by Gasteiger charge is 2.20. The smallest absolute Gasteiger partial charge is 0.251 e. The van der Waals surface area contributed by atoms with Gasteiger partial charge in [-0.2, -0.15) is 0 Å². The minimum absolute atomic E-state index is 0.0188. The summed E-state index contributed by atoms with van der Waals surface area (Å²) in [6, 6.07) is 13.0. The van der Waals surface area contributed by atoms with E-state index in [4.69, 9.17) is 14.2 Å². The van der Waals surface area contributed by atoms with E-state index in [1.807, 2.05) is 45.3 Å². The van der Waals surface area contributed by atoms with E-state index < -0.39 is 0 Å². The number of carbonyl (C=O) groups excluding carboxylic acids is 1. The van der Waals surface area contributed by atoms with E-state index in [9.17, 15) is 4.79 Å². The maximum Gasteiger partial charge on any atom is 0.251 e. The molecule has 0 heterocycles. The summed E-state index contributed by atoms with van der Waals surface area (Å²) in [5, 5.41) is 3.00. The van der Waals surface area contributed by atoms with Gasteiger partial charge in [0, 0.05) is 17.7 Å². The fourth-order valence-electron chi connectivity index (χ4n) is 2.89. The molecule has 0 aliphatic heterocycles. The van der Waals surface area contributed by atoms with Gasteiger partial charge in [-0.1, -0.05) is 18.2 Å². The van der Waals surface area contributed by atoms with E-state index in [1.54, 1.807) is 32.4 Å². The van der Waals surface area contributed by atoms with E-state index >= 15 is 0 Å². The normalized spacial score (nSPS) is 11.8. The van der Waals surface area contributed by atoms with Gasteiger partial charge in [-0.3, -0.25) is 4.79 Å². The Bertz CT molecular complexity index is 762. The fraction of sp³-hybridized carbons (Fsp3) is 0.381. The first-order valence-electron chi connectivity index (χ1n) is 8.90. The van der Waals surface area contributed by atoms with Crippen LogP contribution in [0.15, 0.2) is 42.5 Å². The summed E-state index contributed by atoms with van der Waals surface area (Å²) >= 11 is 0. The number of hydrogen-bond donors (Lipinski definition) is 1. The molecule has 6 nitrogen and oxygen atoms in total. The number of nitrogens with one attached hydrogen (secondary N) is 1. The van der Waals surface area contributed by atoms with Crippen molar-refractivity contribution in [3.8, 4) is 17.2 Å². The summed E-state index contributed by atoms with van der Waals surface area (Å²) in [6.07, 6.45) is 0. The quantitative estimate of drug-likeness (QED) is 0.733. The predicted molar refractivity (Wildman–Crippen MR) is 106 cm³/mol. The van der Waals surface area contributed by atoms with Crippen molar-refractivity contribution in [1.29, 1.82) is 0 Å². The highest BCUT2D eigenvalue weighted by Crippen LogP contribution is 2.29. The molecule has 0 radical (unpaired) electrons. The van der Waals surface area contributed by atoms with Gasteiger partial charge in [0.2, 0.25) is 0 Å². The fourth-order valence-corrected chi connectivity index (χ4v) is 2.89. The highest BCUT2D eigenvalue weighted by molar-refractivity contribution is 5.94. The number of hydrogen-bond acceptors (Lipinski definition) is 5. The molecule has 2 aromatic carbocycles. The summed E-state index contributed by atoms with van der Waals surface area (Å²) in [4.78, 5) is 14.7. The van der Waals surface area contributed by atoms with Crippen LogP contribution in [0.4, 0.5) is 0 Å². The second-order valence-corrected chi connectivity index (χ2v) is 6.23. The lowest BCUT2D eigenvalue weighted by molar-refractivity contribution is 0.0941. The van der Waals surface area contributed by atoms with Crippen molar-refractivity contribution in [2.45, 2.75) is 13.0 Å². The van der Waals surface area contributed by atoms with Crippen LogP contribution in [0.1, 0.15) is 28.9 Å². The molecule has 0 aromatic heterocycles. The van der Waals surface area contributed by atoms with Crippen LogP contribution in [0.3, 0.4) is 0 Å². The number of rotatable bonds is 9. The summed E-state index contributed by atoms with van der Waals surface area (Å²) < 4.78 is 16.3. The van der Waals surface area contributed by atoms with Gasteiger partial charge in [0.05, 0.1) is 26.9 Å². The SMILES string of the molecule is CCOc1cc(C(=O)NCC(c2ccccc2OC)N(C)C)ccc1OC. The molecule has 146 valence electrons. The van der Waals surface area contributed by atoms with Gasteiger partial charge in [0.15, 0.2) is 11.5 Å². The summed E-state index contributed by atoms with van der Waals surface area (Å²) in [7, 11) is 7.18. The molecule has 0 bridgehead atoms. The molecule has 27 heavy (non-hydrogen) atoms. The van der Waals surface area contributed by atoms with Crippen LogP contribution < -0.4 is 19.5 Å². The topological polar surface area (TPSA) is 60.0 Å². The molecule has 0 spiro atoms. The molecule has 0 fully saturated rings. The monoisotopic (exact) mass is 372 g/mol. The van der Waals surface area contributed by atoms with Gasteiger partial charge in [-0.25, -0.2) is 0 Å². The molecule has 2 aromatic rings. The molecule has 0 saturated heterocycles. The standard InChI is InChI=1S/C21H28N2O4/c1-6-27-20-13-15(11-12-19(20)26-5)21(24)22-14-17(23(2)3)16-9-7-8-10-18(16)25-4/h7-13,17H,6,14H2,1-5H3,(H,22,24). The Kier molecular flexibility index (Phi) is 7.49. The van der Waals surface area contributed by atoms with Crippen molar-refractivity contribution in [3.63, 3.8) is 0 Å². The van der Waals surface area contributed by atoms with Crippen molar-refractivity contribution in [3.05, 3.63) is 53.6 Å². The first kappa shape index (κ1) is 20.6. The maximum atomic E-state index is 12.7. The molecule has 1 amide bonds. The Morgan fingerprint density at radius 1 is 1.04 bits per heavy atom. The predicted octanol–water partition coefficient (Wildman–Crippen LogP) is 3.14. The molecule has 1 N–H and O–H groups in total. The number of carbonyl (C=O) groups is 1. The number of amides is 1. The molecule has 0 aliphatic carbocycles. The molecule has 2 rings (SSSR count). The Hall–Kier alpha value is -2.73. The first-order valence-corrected chi connectivity index (χ1v) is 8.90. The average molecular weight is 372 g/mol. The van der Waals surface area contributed by atoms with E-state index in [2.05, 4.69) is 10.2 Å². The minimum atomic E-state index is -0.166. The van der Waals surface area contributed by atoms with Crippen LogP contribution in [0.5, 0.6) is 17.2 Å². The summed E-state index contributed by atoms with van der Waals surface area (Å²) in [6.45, 7) is 2.83. The van der Waals surface area contributed by atoms with E-state index in [0.29, 0.717) is 30.2 Å². The number of ether oxygens (including phenoxy) is 3. The Morgan fingerprint density at radius 2 is 1.74 bits per heavy atom. The molecule has 0 saturated carbocycles. The average Bonchev–Trinajstić information content (AvgIpc) is 2.68.